The Morgan fingerprint density at radius 1 is 1.50 bits per heavy atom. The highest BCUT2D eigenvalue weighted by Gasteiger charge is 2.14. The molecule has 4 nitrogen and oxygen atoms in total. The Kier molecular flexibility index (Phi) is 4.20. The molecule has 2 heterocycles. The maximum Gasteiger partial charge on any atom is 0.105 e. The molecule has 0 aromatic carbocycles. The first-order valence-electron chi connectivity index (χ1n) is 6.45. The molecule has 0 fully saturated rings. The van der Waals surface area contributed by atoms with Crippen molar-refractivity contribution in [3.63, 3.8) is 0 Å². The van der Waals surface area contributed by atoms with E-state index in [0.717, 1.165) is 25.1 Å². The molecule has 1 unspecified atom stereocenters. The predicted molar refractivity (Wildman–Crippen MR) is 71.4 cm³/mol. The van der Waals surface area contributed by atoms with Gasteiger partial charge in [-0.3, -0.25) is 4.68 Å². The van der Waals surface area contributed by atoms with E-state index in [1.165, 1.54) is 11.1 Å². The van der Waals surface area contributed by atoms with Crippen LogP contribution in [0.2, 0.25) is 0 Å². The summed E-state index contributed by atoms with van der Waals surface area (Å²) in [6.07, 6.45) is 7.85. The van der Waals surface area contributed by atoms with Gasteiger partial charge in [0.1, 0.15) is 5.76 Å². The summed E-state index contributed by atoms with van der Waals surface area (Å²) in [7, 11) is 1.95. The molecular formula is C14H21N3O. The normalized spacial score (nSPS) is 12.8. The Morgan fingerprint density at radius 3 is 2.89 bits per heavy atom. The lowest BCUT2D eigenvalue weighted by Gasteiger charge is -2.16. The van der Waals surface area contributed by atoms with Crippen molar-refractivity contribution in [2.24, 2.45) is 7.05 Å². The largest absolute Gasteiger partial charge is 0.469 e. The van der Waals surface area contributed by atoms with Crippen LogP contribution in [0.4, 0.5) is 0 Å². The summed E-state index contributed by atoms with van der Waals surface area (Å²) in [6, 6.07) is 2.42. The summed E-state index contributed by atoms with van der Waals surface area (Å²) in [5, 5.41) is 7.71. The minimum Gasteiger partial charge on any atom is -0.469 e. The fourth-order valence-electron chi connectivity index (χ4n) is 2.28. The molecule has 1 atom stereocenters. The van der Waals surface area contributed by atoms with E-state index in [1.54, 1.807) is 6.26 Å². The molecule has 2 rings (SSSR count). The van der Waals surface area contributed by atoms with Crippen LogP contribution in [-0.4, -0.2) is 16.3 Å². The highest BCUT2D eigenvalue weighted by atomic mass is 16.3. The van der Waals surface area contributed by atoms with Crippen molar-refractivity contribution in [1.29, 1.82) is 0 Å². The van der Waals surface area contributed by atoms with Gasteiger partial charge in [-0.15, -0.1) is 0 Å². The summed E-state index contributed by atoms with van der Waals surface area (Å²) in [4.78, 5) is 0. The van der Waals surface area contributed by atoms with Gasteiger partial charge in [-0.2, -0.15) is 5.10 Å². The van der Waals surface area contributed by atoms with Crippen LogP contribution in [0.25, 0.3) is 0 Å². The van der Waals surface area contributed by atoms with E-state index < -0.39 is 0 Å². The van der Waals surface area contributed by atoms with Gasteiger partial charge >= 0.3 is 0 Å². The molecule has 0 saturated carbocycles. The van der Waals surface area contributed by atoms with Crippen LogP contribution in [0, 0.1) is 6.92 Å². The summed E-state index contributed by atoms with van der Waals surface area (Å²) in [5.74, 6) is 1.01. The van der Waals surface area contributed by atoms with Crippen LogP contribution in [0.15, 0.2) is 29.1 Å². The van der Waals surface area contributed by atoms with Crippen LogP contribution in [0.3, 0.4) is 0 Å². The summed E-state index contributed by atoms with van der Waals surface area (Å²) < 4.78 is 7.24. The smallest absolute Gasteiger partial charge is 0.105 e. The highest BCUT2D eigenvalue weighted by Crippen LogP contribution is 2.23. The molecule has 2 aromatic heterocycles. The van der Waals surface area contributed by atoms with Gasteiger partial charge in [-0.25, -0.2) is 0 Å². The van der Waals surface area contributed by atoms with E-state index in [4.69, 9.17) is 4.42 Å². The lowest BCUT2D eigenvalue weighted by atomic mass is 10.0. The molecule has 0 bridgehead atoms. The van der Waals surface area contributed by atoms with Gasteiger partial charge in [0.2, 0.25) is 0 Å². The second-order valence-electron chi connectivity index (χ2n) is 4.60. The first-order valence-corrected chi connectivity index (χ1v) is 6.45. The van der Waals surface area contributed by atoms with Crippen molar-refractivity contribution in [1.82, 2.24) is 15.1 Å². The summed E-state index contributed by atoms with van der Waals surface area (Å²) in [6.45, 7) is 5.11. The second kappa shape index (κ2) is 5.87. The Bertz CT molecular complexity index is 487. The number of nitrogens with one attached hydrogen (secondary N) is 1. The Morgan fingerprint density at radius 2 is 2.33 bits per heavy atom. The first-order chi connectivity index (χ1) is 8.70. The highest BCUT2D eigenvalue weighted by molar-refractivity contribution is 5.20. The second-order valence-corrected chi connectivity index (χ2v) is 4.60. The molecule has 4 heteroatoms. The Balaban J connectivity index is 2.01. The van der Waals surface area contributed by atoms with E-state index in [-0.39, 0.29) is 0 Å². The predicted octanol–water partition coefficient (Wildman–Crippen LogP) is 2.60. The molecule has 0 saturated heterocycles. The molecule has 1 N–H and O–H groups in total. The molecule has 98 valence electrons. The Hall–Kier alpha value is -1.55. The van der Waals surface area contributed by atoms with Crippen molar-refractivity contribution in [3.8, 4) is 0 Å². The van der Waals surface area contributed by atoms with Gasteiger partial charge in [-0.05, 0) is 37.9 Å². The van der Waals surface area contributed by atoms with Crippen LogP contribution < -0.4 is 5.32 Å². The maximum atomic E-state index is 5.39. The van der Waals surface area contributed by atoms with Crippen LogP contribution in [0.5, 0.6) is 0 Å². The Labute approximate surface area is 108 Å². The van der Waals surface area contributed by atoms with Crippen molar-refractivity contribution in [2.75, 3.05) is 6.54 Å². The molecule has 0 aliphatic carbocycles. The van der Waals surface area contributed by atoms with E-state index in [2.05, 4.69) is 29.6 Å². The minimum atomic E-state index is 0.356. The number of rotatable bonds is 6. The molecule has 0 spiro atoms. The number of hydrogen-bond donors (Lipinski definition) is 1. The van der Waals surface area contributed by atoms with Gasteiger partial charge in [0.15, 0.2) is 0 Å². The third-order valence-electron chi connectivity index (χ3n) is 3.20. The monoisotopic (exact) mass is 247 g/mol. The van der Waals surface area contributed by atoms with Gasteiger partial charge in [0.05, 0.1) is 12.5 Å². The van der Waals surface area contributed by atoms with Crippen molar-refractivity contribution < 1.29 is 4.42 Å². The standard InChI is InChI=1S/C14H21N3O/c1-4-15-14(13-7-8-18-11(13)2)6-5-12-9-16-17(3)10-12/h7-10,14-15H,4-6H2,1-3H3. The quantitative estimate of drug-likeness (QED) is 0.853. The SMILES string of the molecule is CCNC(CCc1cnn(C)c1)c1ccoc1C. The fraction of sp³-hybridized carbons (Fsp3) is 0.500. The van der Waals surface area contributed by atoms with E-state index in [1.807, 2.05) is 24.9 Å². The third kappa shape index (κ3) is 3.01. The molecule has 0 radical (unpaired) electrons. The van der Waals surface area contributed by atoms with Gasteiger partial charge in [0, 0.05) is 24.8 Å². The van der Waals surface area contributed by atoms with Crippen molar-refractivity contribution >= 4 is 0 Å². The number of aryl methyl sites for hydroxylation is 3. The molecular weight excluding hydrogens is 226 g/mol. The number of hydrogen-bond acceptors (Lipinski definition) is 3. The van der Waals surface area contributed by atoms with E-state index in [9.17, 15) is 0 Å². The molecule has 0 aliphatic heterocycles. The average molecular weight is 247 g/mol. The van der Waals surface area contributed by atoms with Gasteiger partial charge < -0.3 is 9.73 Å². The van der Waals surface area contributed by atoms with E-state index >= 15 is 0 Å². The minimum absolute atomic E-state index is 0.356. The van der Waals surface area contributed by atoms with Crippen LogP contribution >= 0.6 is 0 Å². The fourth-order valence-corrected chi connectivity index (χ4v) is 2.28. The van der Waals surface area contributed by atoms with Crippen molar-refractivity contribution in [2.45, 2.75) is 32.7 Å². The number of furan rings is 1. The maximum absolute atomic E-state index is 5.39. The molecule has 0 aliphatic rings. The van der Waals surface area contributed by atoms with Gasteiger partial charge in [0.25, 0.3) is 0 Å². The molecule has 18 heavy (non-hydrogen) atoms. The summed E-state index contributed by atoms with van der Waals surface area (Å²) in [5.41, 5.74) is 2.54. The number of aromatic nitrogens is 2. The molecule has 0 amide bonds. The van der Waals surface area contributed by atoms with Gasteiger partial charge in [-0.1, -0.05) is 6.92 Å². The first kappa shape index (κ1) is 12.9. The zero-order valence-corrected chi connectivity index (χ0v) is 11.3. The third-order valence-corrected chi connectivity index (χ3v) is 3.20. The summed E-state index contributed by atoms with van der Waals surface area (Å²) >= 11 is 0. The molecule has 2 aromatic rings. The van der Waals surface area contributed by atoms with E-state index in [0.29, 0.717) is 6.04 Å². The lowest BCUT2D eigenvalue weighted by Crippen LogP contribution is -2.21. The van der Waals surface area contributed by atoms with Crippen molar-refractivity contribution in [3.05, 3.63) is 41.6 Å². The zero-order chi connectivity index (χ0) is 13.0. The topological polar surface area (TPSA) is 43.0 Å². The number of nitrogens with zero attached hydrogens (tertiary/aromatic N) is 2. The van der Waals surface area contributed by atoms with Crippen LogP contribution in [0.1, 0.15) is 36.3 Å². The zero-order valence-electron chi connectivity index (χ0n) is 11.3. The average Bonchev–Trinajstić information content (AvgIpc) is 2.94. The lowest BCUT2D eigenvalue weighted by molar-refractivity contribution is 0.485. The van der Waals surface area contributed by atoms with Crippen LogP contribution in [-0.2, 0) is 13.5 Å².